The van der Waals surface area contributed by atoms with Gasteiger partial charge in [0.1, 0.15) is 12.3 Å². The summed E-state index contributed by atoms with van der Waals surface area (Å²) in [6.45, 7) is 0.307. The van der Waals surface area contributed by atoms with Crippen molar-refractivity contribution < 1.29 is 19.1 Å². The van der Waals surface area contributed by atoms with Crippen molar-refractivity contribution in [2.75, 3.05) is 12.0 Å². The molecule has 1 aliphatic rings. The third-order valence-corrected chi connectivity index (χ3v) is 5.93. The van der Waals surface area contributed by atoms with Crippen LogP contribution in [0, 0.1) is 0 Å². The summed E-state index contributed by atoms with van der Waals surface area (Å²) in [5.41, 5.74) is 2.21. The molecular formula is C28H21ClN2O4. The maximum Gasteiger partial charge on any atom is 0.333 e. The van der Waals surface area contributed by atoms with E-state index < -0.39 is 11.9 Å². The van der Waals surface area contributed by atoms with Crippen LogP contribution in [0.3, 0.4) is 0 Å². The summed E-state index contributed by atoms with van der Waals surface area (Å²) in [5, 5.41) is 5.23. The lowest BCUT2D eigenvalue weighted by Crippen LogP contribution is -2.30. The van der Waals surface area contributed by atoms with Crippen molar-refractivity contribution in [1.29, 1.82) is 0 Å². The molecule has 0 aliphatic carbocycles. The molecule has 7 heteroatoms. The molecule has 1 heterocycles. The number of para-hydroxylation sites is 1. The van der Waals surface area contributed by atoms with Crippen LogP contribution in [-0.2, 0) is 11.4 Å². The van der Waals surface area contributed by atoms with Crippen LogP contribution in [0.4, 0.5) is 10.5 Å². The summed E-state index contributed by atoms with van der Waals surface area (Å²) in [7, 11) is 1.52. The first-order valence-corrected chi connectivity index (χ1v) is 11.3. The molecule has 1 aliphatic heterocycles. The van der Waals surface area contributed by atoms with Crippen LogP contribution in [-0.4, -0.2) is 19.0 Å². The van der Waals surface area contributed by atoms with E-state index >= 15 is 0 Å². The number of carbonyl (C=O) groups excluding carboxylic acids is 2. The molecular weight excluding hydrogens is 464 g/mol. The smallest absolute Gasteiger partial charge is 0.333 e. The van der Waals surface area contributed by atoms with Crippen molar-refractivity contribution in [1.82, 2.24) is 5.32 Å². The van der Waals surface area contributed by atoms with Gasteiger partial charge in [0.15, 0.2) is 11.5 Å². The number of imide groups is 1. The van der Waals surface area contributed by atoms with Crippen LogP contribution in [0.25, 0.3) is 16.8 Å². The number of urea groups is 1. The summed E-state index contributed by atoms with van der Waals surface area (Å²) < 4.78 is 11.5. The lowest BCUT2D eigenvalue weighted by molar-refractivity contribution is -0.113. The van der Waals surface area contributed by atoms with E-state index in [1.165, 1.54) is 7.11 Å². The predicted octanol–water partition coefficient (Wildman–Crippen LogP) is 6.18. The second kappa shape index (κ2) is 9.52. The van der Waals surface area contributed by atoms with Gasteiger partial charge in [-0.3, -0.25) is 4.79 Å². The molecule has 0 unspecified atom stereocenters. The number of halogens is 1. The Morgan fingerprint density at radius 2 is 1.66 bits per heavy atom. The van der Waals surface area contributed by atoms with Crippen LogP contribution >= 0.6 is 11.6 Å². The highest BCUT2D eigenvalue weighted by molar-refractivity contribution is 6.32. The molecule has 5 rings (SSSR count). The highest BCUT2D eigenvalue weighted by Crippen LogP contribution is 2.38. The third kappa shape index (κ3) is 4.56. The second-order valence-electron chi connectivity index (χ2n) is 7.97. The molecule has 0 radical (unpaired) electrons. The normalized spacial score (nSPS) is 14.5. The number of benzene rings is 4. The number of rotatable bonds is 6. The Balaban J connectivity index is 1.38. The number of fused-ring (bicyclic) bond motifs is 1. The highest BCUT2D eigenvalue weighted by atomic mass is 35.5. The first-order valence-electron chi connectivity index (χ1n) is 10.9. The Hall–Kier alpha value is -4.29. The minimum absolute atomic E-state index is 0.141. The van der Waals surface area contributed by atoms with E-state index in [4.69, 9.17) is 21.1 Å². The molecule has 3 amide bonds. The Labute approximate surface area is 207 Å². The fourth-order valence-corrected chi connectivity index (χ4v) is 4.23. The van der Waals surface area contributed by atoms with Gasteiger partial charge in [-0.25, -0.2) is 9.69 Å². The number of amides is 3. The molecule has 0 saturated carbocycles. The topological polar surface area (TPSA) is 67.9 Å². The molecule has 174 valence electrons. The van der Waals surface area contributed by atoms with Crippen LogP contribution in [0.5, 0.6) is 11.5 Å². The second-order valence-corrected chi connectivity index (χ2v) is 8.38. The third-order valence-electron chi connectivity index (χ3n) is 5.65. The lowest BCUT2D eigenvalue weighted by Gasteiger charge is -2.14. The van der Waals surface area contributed by atoms with Gasteiger partial charge in [0.25, 0.3) is 5.91 Å². The van der Waals surface area contributed by atoms with Gasteiger partial charge in [-0.1, -0.05) is 66.2 Å². The summed E-state index contributed by atoms with van der Waals surface area (Å²) in [6.07, 6.45) is 1.56. The van der Waals surface area contributed by atoms with Gasteiger partial charge in [0.2, 0.25) is 0 Å². The molecule has 1 fully saturated rings. The maximum absolute atomic E-state index is 12.9. The molecule has 6 nitrogen and oxygen atoms in total. The van der Waals surface area contributed by atoms with Crippen LogP contribution in [0.2, 0.25) is 5.02 Å². The Kier molecular flexibility index (Phi) is 6.12. The van der Waals surface area contributed by atoms with E-state index in [0.29, 0.717) is 34.4 Å². The van der Waals surface area contributed by atoms with Crippen molar-refractivity contribution in [3.63, 3.8) is 0 Å². The van der Waals surface area contributed by atoms with E-state index in [1.54, 1.807) is 42.5 Å². The molecule has 4 aromatic carbocycles. The van der Waals surface area contributed by atoms with Crippen LogP contribution in [0.1, 0.15) is 11.1 Å². The number of carbonyl (C=O) groups is 2. The van der Waals surface area contributed by atoms with Gasteiger partial charge in [-0.05, 0) is 58.3 Å². The zero-order valence-corrected chi connectivity index (χ0v) is 19.6. The fourth-order valence-electron chi connectivity index (χ4n) is 3.96. The molecule has 0 bridgehead atoms. The number of methoxy groups -OCH3 is 1. The molecule has 0 aromatic heterocycles. The van der Waals surface area contributed by atoms with E-state index in [1.807, 2.05) is 30.3 Å². The van der Waals surface area contributed by atoms with E-state index in [2.05, 4.69) is 23.5 Å². The SMILES string of the molecule is COc1cc(/C=C2/NC(=O)N(c3ccccc3)C2=O)cc(Cl)c1OCc1ccc2ccccc2c1. The average Bonchev–Trinajstić information content (AvgIpc) is 3.15. The lowest BCUT2D eigenvalue weighted by atomic mass is 10.1. The van der Waals surface area contributed by atoms with Crippen molar-refractivity contribution in [2.24, 2.45) is 0 Å². The van der Waals surface area contributed by atoms with Gasteiger partial charge in [-0.15, -0.1) is 0 Å². The molecule has 0 atom stereocenters. The number of anilines is 1. The van der Waals surface area contributed by atoms with Crippen molar-refractivity contribution in [3.8, 4) is 11.5 Å². The first kappa shape index (κ1) is 22.5. The van der Waals surface area contributed by atoms with Crippen molar-refractivity contribution in [2.45, 2.75) is 6.61 Å². The molecule has 4 aromatic rings. The molecule has 1 saturated heterocycles. The van der Waals surface area contributed by atoms with E-state index in [-0.39, 0.29) is 5.70 Å². The summed E-state index contributed by atoms with van der Waals surface area (Å²) in [6, 6.07) is 25.8. The van der Waals surface area contributed by atoms with Crippen molar-refractivity contribution in [3.05, 3.63) is 107 Å². The fraction of sp³-hybridized carbons (Fsp3) is 0.0714. The number of nitrogens with zero attached hydrogens (tertiary/aromatic N) is 1. The summed E-state index contributed by atoms with van der Waals surface area (Å²) in [4.78, 5) is 26.4. The Morgan fingerprint density at radius 3 is 2.43 bits per heavy atom. The molecule has 0 spiro atoms. The van der Waals surface area contributed by atoms with E-state index in [0.717, 1.165) is 21.2 Å². The number of nitrogens with one attached hydrogen (secondary N) is 1. The van der Waals surface area contributed by atoms with Gasteiger partial charge in [0.05, 0.1) is 17.8 Å². The molecule has 35 heavy (non-hydrogen) atoms. The maximum atomic E-state index is 12.9. The van der Waals surface area contributed by atoms with Crippen LogP contribution in [0.15, 0.2) is 90.6 Å². The van der Waals surface area contributed by atoms with E-state index in [9.17, 15) is 9.59 Å². The van der Waals surface area contributed by atoms with Gasteiger partial charge >= 0.3 is 6.03 Å². The van der Waals surface area contributed by atoms with Gasteiger partial charge < -0.3 is 14.8 Å². The molecule has 1 N–H and O–H groups in total. The highest BCUT2D eigenvalue weighted by Gasteiger charge is 2.34. The monoisotopic (exact) mass is 484 g/mol. The predicted molar refractivity (Wildman–Crippen MR) is 137 cm³/mol. The van der Waals surface area contributed by atoms with Gasteiger partial charge in [-0.2, -0.15) is 0 Å². The zero-order valence-electron chi connectivity index (χ0n) is 18.8. The Morgan fingerprint density at radius 1 is 0.914 bits per heavy atom. The average molecular weight is 485 g/mol. The minimum atomic E-state index is -0.513. The number of hydrogen-bond donors (Lipinski definition) is 1. The quantitative estimate of drug-likeness (QED) is 0.262. The minimum Gasteiger partial charge on any atom is -0.493 e. The first-order chi connectivity index (χ1) is 17.0. The van der Waals surface area contributed by atoms with Crippen LogP contribution < -0.4 is 19.7 Å². The van der Waals surface area contributed by atoms with Crippen molar-refractivity contribution >= 4 is 46.1 Å². The summed E-state index contributed by atoms with van der Waals surface area (Å²) >= 11 is 6.53. The number of ether oxygens (including phenoxy) is 2. The Bertz CT molecular complexity index is 1470. The number of hydrogen-bond acceptors (Lipinski definition) is 4. The zero-order chi connectivity index (χ0) is 24.4. The van der Waals surface area contributed by atoms with Gasteiger partial charge in [0, 0.05) is 0 Å². The standard InChI is InChI=1S/C28H21ClN2O4/c1-34-25-16-19(15-24-27(32)31(28(33)30-24)22-9-3-2-4-10-22)14-23(29)26(25)35-17-18-11-12-20-7-5-6-8-21(20)13-18/h2-16H,17H2,1H3,(H,30,33)/b24-15+. The summed E-state index contributed by atoms with van der Waals surface area (Å²) in [5.74, 6) is 0.368. The largest absolute Gasteiger partial charge is 0.493 e.